The first-order valence-electron chi connectivity index (χ1n) is 8.33. The summed E-state index contributed by atoms with van der Waals surface area (Å²) in [6.45, 7) is 5.06. The van der Waals surface area contributed by atoms with Crippen LogP contribution >= 0.6 is 11.6 Å². The predicted octanol–water partition coefficient (Wildman–Crippen LogP) is 3.97. The van der Waals surface area contributed by atoms with Gasteiger partial charge in [0.05, 0.1) is 24.9 Å². The number of anilines is 2. The van der Waals surface area contributed by atoms with E-state index in [0.717, 1.165) is 11.1 Å². The highest BCUT2D eigenvalue weighted by molar-refractivity contribution is 6.32. The second kappa shape index (κ2) is 8.77. The molecule has 0 aliphatic heterocycles. The smallest absolute Gasteiger partial charge is 0.244 e. The quantitative estimate of drug-likeness (QED) is 0.810. The number of amides is 2. The molecule has 0 spiro atoms. The van der Waals surface area contributed by atoms with Crippen molar-refractivity contribution in [2.24, 2.45) is 0 Å². The van der Waals surface area contributed by atoms with Crippen LogP contribution in [-0.4, -0.2) is 32.6 Å². The molecular formula is C20H23ClN2O4. The van der Waals surface area contributed by atoms with Crippen LogP contribution in [0, 0.1) is 13.8 Å². The van der Waals surface area contributed by atoms with Crippen molar-refractivity contribution in [2.75, 3.05) is 31.0 Å². The van der Waals surface area contributed by atoms with E-state index >= 15 is 0 Å². The molecule has 0 bridgehead atoms. The molecule has 0 fully saturated rings. The fraction of sp³-hybridized carbons (Fsp3) is 0.300. The number of nitrogens with zero attached hydrogens (tertiary/aromatic N) is 1. The number of aryl methyl sites for hydroxylation is 2. The normalized spacial score (nSPS) is 10.3. The third-order valence-corrected chi connectivity index (χ3v) is 4.39. The summed E-state index contributed by atoms with van der Waals surface area (Å²) in [4.78, 5) is 26.1. The molecule has 0 heterocycles. The lowest BCUT2D eigenvalue weighted by molar-refractivity contribution is -0.120. The minimum atomic E-state index is -0.324. The van der Waals surface area contributed by atoms with Crippen molar-refractivity contribution in [1.29, 1.82) is 0 Å². The summed E-state index contributed by atoms with van der Waals surface area (Å²) in [5.74, 6) is 0.118. The lowest BCUT2D eigenvalue weighted by Gasteiger charge is -2.24. The van der Waals surface area contributed by atoms with Crippen LogP contribution in [0.15, 0.2) is 30.3 Å². The average molecular weight is 391 g/mol. The van der Waals surface area contributed by atoms with E-state index in [4.69, 9.17) is 21.1 Å². The molecule has 0 unspecified atom stereocenters. The predicted molar refractivity (Wildman–Crippen MR) is 107 cm³/mol. The molecule has 27 heavy (non-hydrogen) atoms. The molecule has 2 aromatic carbocycles. The van der Waals surface area contributed by atoms with Crippen LogP contribution in [0.2, 0.25) is 5.02 Å². The number of rotatable bonds is 6. The van der Waals surface area contributed by atoms with Crippen LogP contribution in [0.5, 0.6) is 11.5 Å². The molecular weight excluding hydrogens is 368 g/mol. The Bertz CT molecular complexity index is 867. The van der Waals surface area contributed by atoms with Crippen molar-refractivity contribution in [2.45, 2.75) is 20.8 Å². The minimum Gasteiger partial charge on any atom is -0.495 e. The molecule has 0 aliphatic rings. The Morgan fingerprint density at radius 3 is 2.33 bits per heavy atom. The summed E-state index contributed by atoms with van der Waals surface area (Å²) in [5, 5.41) is 3.20. The highest BCUT2D eigenvalue weighted by atomic mass is 35.5. The van der Waals surface area contributed by atoms with Crippen molar-refractivity contribution >= 4 is 34.8 Å². The number of carbonyl (C=O) groups is 2. The van der Waals surface area contributed by atoms with Gasteiger partial charge in [-0.3, -0.25) is 14.5 Å². The number of hydrogen-bond acceptors (Lipinski definition) is 4. The Balaban J connectivity index is 2.32. The molecule has 0 aromatic heterocycles. The van der Waals surface area contributed by atoms with Gasteiger partial charge in [0.1, 0.15) is 18.0 Å². The van der Waals surface area contributed by atoms with Crippen LogP contribution in [0.1, 0.15) is 18.1 Å². The summed E-state index contributed by atoms with van der Waals surface area (Å²) in [5.41, 5.74) is 3.09. The summed E-state index contributed by atoms with van der Waals surface area (Å²) < 4.78 is 10.5. The molecule has 2 amide bonds. The van der Waals surface area contributed by atoms with E-state index in [2.05, 4.69) is 5.32 Å². The van der Waals surface area contributed by atoms with Crippen LogP contribution in [0.25, 0.3) is 0 Å². The van der Waals surface area contributed by atoms with Crippen molar-refractivity contribution in [1.82, 2.24) is 0 Å². The second-order valence-electron chi connectivity index (χ2n) is 6.13. The van der Waals surface area contributed by atoms with Crippen LogP contribution < -0.4 is 19.7 Å². The number of benzene rings is 2. The van der Waals surface area contributed by atoms with E-state index in [9.17, 15) is 9.59 Å². The topological polar surface area (TPSA) is 67.9 Å². The average Bonchev–Trinajstić information content (AvgIpc) is 2.62. The van der Waals surface area contributed by atoms with Gasteiger partial charge >= 0.3 is 0 Å². The van der Waals surface area contributed by atoms with Gasteiger partial charge < -0.3 is 14.8 Å². The SMILES string of the molecule is COc1cc(N(CC(=O)Nc2cc(C)ccc2C)C(C)=O)c(OC)cc1Cl. The number of nitrogens with one attached hydrogen (secondary N) is 1. The number of ether oxygens (including phenoxy) is 2. The first-order valence-corrected chi connectivity index (χ1v) is 8.71. The Labute approximate surface area is 164 Å². The maximum absolute atomic E-state index is 12.6. The zero-order chi connectivity index (χ0) is 20.1. The third kappa shape index (κ3) is 4.92. The second-order valence-corrected chi connectivity index (χ2v) is 6.54. The van der Waals surface area contributed by atoms with Gasteiger partial charge in [0.25, 0.3) is 0 Å². The fourth-order valence-electron chi connectivity index (χ4n) is 2.63. The Hall–Kier alpha value is -2.73. The molecule has 1 N–H and O–H groups in total. The monoisotopic (exact) mass is 390 g/mol. The Morgan fingerprint density at radius 1 is 1.07 bits per heavy atom. The number of carbonyl (C=O) groups excluding carboxylic acids is 2. The van der Waals surface area contributed by atoms with E-state index in [1.165, 1.54) is 26.0 Å². The molecule has 7 heteroatoms. The highest BCUT2D eigenvalue weighted by Gasteiger charge is 2.22. The molecule has 2 rings (SSSR count). The molecule has 144 valence electrons. The maximum atomic E-state index is 12.6. The largest absolute Gasteiger partial charge is 0.495 e. The summed E-state index contributed by atoms with van der Waals surface area (Å²) in [6.07, 6.45) is 0. The Kier molecular flexibility index (Phi) is 6.69. The lowest BCUT2D eigenvalue weighted by atomic mass is 10.1. The lowest BCUT2D eigenvalue weighted by Crippen LogP contribution is -2.37. The molecule has 0 aliphatic carbocycles. The standard InChI is InChI=1S/C20H23ClN2O4/c1-12-6-7-13(2)16(8-12)22-20(25)11-23(14(3)24)17-10-18(26-4)15(21)9-19(17)27-5/h6-10H,11H2,1-5H3,(H,22,25). The minimum absolute atomic E-state index is 0.177. The van der Waals surface area contributed by atoms with Crippen LogP contribution in [0.3, 0.4) is 0 Å². The van der Waals surface area contributed by atoms with Gasteiger partial charge in [-0.05, 0) is 31.0 Å². The molecule has 0 atom stereocenters. The molecule has 0 radical (unpaired) electrons. The maximum Gasteiger partial charge on any atom is 0.244 e. The molecule has 0 saturated carbocycles. The first-order chi connectivity index (χ1) is 12.8. The zero-order valence-corrected chi connectivity index (χ0v) is 16.8. The van der Waals surface area contributed by atoms with E-state index in [-0.39, 0.29) is 18.4 Å². The van der Waals surface area contributed by atoms with E-state index in [0.29, 0.717) is 27.9 Å². The van der Waals surface area contributed by atoms with E-state index in [1.54, 1.807) is 12.1 Å². The van der Waals surface area contributed by atoms with Gasteiger partial charge in [-0.2, -0.15) is 0 Å². The van der Waals surface area contributed by atoms with E-state index in [1.807, 2.05) is 32.0 Å². The summed E-state index contributed by atoms with van der Waals surface area (Å²) in [6, 6.07) is 8.91. The highest BCUT2D eigenvalue weighted by Crippen LogP contribution is 2.38. The van der Waals surface area contributed by atoms with Crippen molar-refractivity contribution in [3.8, 4) is 11.5 Å². The fourth-order valence-corrected chi connectivity index (χ4v) is 2.86. The van der Waals surface area contributed by atoms with Gasteiger partial charge in [0, 0.05) is 24.7 Å². The van der Waals surface area contributed by atoms with Gasteiger partial charge in [-0.1, -0.05) is 23.7 Å². The van der Waals surface area contributed by atoms with Gasteiger partial charge in [-0.25, -0.2) is 0 Å². The molecule has 6 nitrogen and oxygen atoms in total. The third-order valence-electron chi connectivity index (χ3n) is 4.09. The number of halogens is 1. The molecule has 0 saturated heterocycles. The van der Waals surface area contributed by atoms with Gasteiger partial charge in [-0.15, -0.1) is 0 Å². The molecule has 2 aromatic rings. The summed E-state index contributed by atoms with van der Waals surface area (Å²) >= 11 is 6.12. The van der Waals surface area contributed by atoms with Crippen molar-refractivity contribution in [3.63, 3.8) is 0 Å². The van der Waals surface area contributed by atoms with E-state index < -0.39 is 0 Å². The van der Waals surface area contributed by atoms with Crippen LogP contribution in [0.4, 0.5) is 11.4 Å². The number of methoxy groups -OCH3 is 2. The Morgan fingerprint density at radius 2 is 1.74 bits per heavy atom. The van der Waals surface area contributed by atoms with Crippen molar-refractivity contribution in [3.05, 3.63) is 46.5 Å². The van der Waals surface area contributed by atoms with Gasteiger partial charge in [0.2, 0.25) is 11.8 Å². The van der Waals surface area contributed by atoms with Crippen LogP contribution in [-0.2, 0) is 9.59 Å². The van der Waals surface area contributed by atoms with Gasteiger partial charge in [0.15, 0.2) is 0 Å². The first kappa shape index (κ1) is 20.6. The summed E-state index contributed by atoms with van der Waals surface area (Å²) in [7, 11) is 2.94. The number of hydrogen-bond donors (Lipinski definition) is 1. The zero-order valence-electron chi connectivity index (χ0n) is 16.1. The van der Waals surface area contributed by atoms with Crippen molar-refractivity contribution < 1.29 is 19.1 Å².